The van der Waals surface area contributed by atoms with Gasteiger partial charge >= 0.3 is 5.76 Å². The minimum atomic E-state index is -0.410. The van der Waals surface area contributed by atoms with Gasteiger partial charge in [0.2, 0.25) is 0 Å². The van der Waals surface area contributed by atoms with E-state index in [0.717, 1.165) is 38.8 Å². The first-order valence-electron chi connectivity index (χ1n) is 8.91. The average Bonchev–Trinajstić information content (AvgIpc) is 2.91. The van der Waals surface area contributed by atoms with Crippen molar-refractivity contribution in [2.75, 3.05) is 26.3 Å². The van der Waals surface area contributed by atoms with Gasteiger partial charge < -0.3 is 14.9 Å². The third-order valence-electron chi connectivity index (χ3n) is 5.71. The standard InChI is InChI=1S/C18H24FN3O3/c1-12-10-15-16(11-14(12)19)25-17(23)22(15)13-2-6-21(7-3-13)18(20)4-8-24-9-5-18/h10-11,13H,2-9,20H2,1H3. The van der Waals surface area contributed by atoms with Crippen molar-refractivity contribution >= 4 is 11.1 Å². The van der Waals surface area contributed by atoms with Crippen molar-refractivity contribution < 1.29 is 13.5 Å². The highest BCUT2D eigenvalue weighted by atomic mass is 19.1. The minimum Gasteiger partial charge on any atom is -0.408 e. The summed E-state index contributed by atoms with van der Waals surface area (Å²) in [4.78, 5) is 14.6. The SMILES string of the molecule is Cc1cc2c(cc1F)oc(=O)n2C1CCN(C2(N)CCOCC2)CC1. The summed E-state index contributed by atoms with van der Waals surface area (Å²) in [6, 6.07) is 3.05. The van der Waals surface area contributed by atoms with Gasteiger partial charge in [-0.25, -0.2) is 9.18 Å². The summed E-state index contributed by atoms with van der Waals surface area (Å²) in [6.45, 7) is 4.77. The molecule has 0 aliphatic carbocycles. The fourth-order valence-corrected chi connectivity index (χ4v) is 4.12. The predicted molar refractivity (Wildman–Crippen MR) is 92.0 cm³/mol. The average molecular weight is 349 g/mol. The van der Waals surface area contributed by atoms with E-state index in [1.807, 2.05) is 0 Å². The van der Waals surface area contributed by atoms with E-state index in [2.05, 4.69) is 4.90 Å². The molecular formula is C18H24FN3O3. The van der Waals surface area contributed by atoms with E-state index >= 15 is 0 Å². The Morgan fingerprint density at radius 3 is 2.60 bits per heavy atom. The number of aryl methyl sites for hydroxylation is 1. The number of rotatable bonds is 2. The number of nitrogens with zero attached hydrogens (tertiary/aromatic N) is 2. The molecule has 1 aromatic carbocycles. The molecule has 6 nitrogen and oxygen atoms in total. The first kappa shape index (κ1) is 16.8. The summed E-state index contributed by atoms with van der Waals surface area (Å²) in [7, 11) is 0. The monoisotopic (exact) mass is 349 g/mol. The summed E-state index contributed by atoms with van der Waals surface area (Å²) < 4.78 is 26.1. The summed E-state index contributed by atoms with van der Waals surface area (Å²) >= 11 is 0. The topological polar surface area (TPSA) is 73.6 Å². The summed E-state index contributed by atoms with van der Waals surface area (Å²) in [5.74, 6) is -0.764. The Balaban J connectivity index is 1.57. The van der Waals surface area contributed by atoms with Crippen LogP contribution in [0, 0.1) is 12.7 Å². The number of likely N-dealkylation sites (tertiary alicyclic amines) is 1. The van der Waals surface area contributed by atoms with Crippen molar-refractivity contribution in [2.45, 2.75) is 44.3 Å². The molecule has 0 atom stereocenters. The van der Waals surface area contributed by atoms with Gasteiger partial charge in [-0.1, -0.05) is 0 Å². The largest absolute Gasteiger partial charge is 0.420 e. The van der Waals surface area contributed by atoms with Gasteiger partial charge in [-0.2, -0.15) is 0 Å². The maximum Gasteiger partial charge on any atom is 0.420 e. The van der Waals surface area contributed by atoms with Crippen LogP contribution in [-0.2, 0) is 4.74 Å². The van der Waals surface area contributed by atoms with Gasteiger partial charge in [-0.3, -0.25) is 9.47 Å². The Bertz CT molecular complexity index is 830. The van der Waals surface area contributed by atoms with Gasteiger partial charge in [0.05, 0.1) is 11.2 Å². The van der Waals surface area contributed by atoms with E-state index in [-0.39, 0.29) is 17.5 Å². The lowest BCUT2D eigenvalue weighted by atomic mass is 9.94. The van der Waals surface area contributed by atoms with Crippen molar-refractivity contribution in [3.63, 3.8) is 0 Å². The lowest BCUT2D eigenvalue weighted by molar-refractivity contribution is -0.0381. The molecular weight excluding hydrogens is 325 g/mol. The molecule has 0 unspecified atom stereocenters. The molecule has 0 saturated carbocycles. The number of nitrogens with two attached hydrogens (primary N) is 1. The Hall–Kier alpha value is -1.70. The molecule has 2 N–H and O–H groups in total. The van der Waals surface area contributed by atoms with Gasteiger partial charge in [0.25, 0.3) is 0 Å². The Morgan fingerprint density at radius 2 is 1.92 bits per heavy atom. The zero-order chi connectivity index (χ0) is 17.6. The predicted octanol–water partition coefficient (Wildman–Crippen LogP) is 2.14. The number of ether oxygens (including phenoxy) is 1. The lowest BCUT2D eigenvalue weighted by Crippen LogP contribution is -2.60. The molecule has 0 bridgehead atoms. The van der Waals surface area contributed by atoms with Crippen molar-refractivity contribution in [3.8, 4) is 0 Å². The second-order valence-electron chi connectivity index (χ2n) is 7.24. The van der Waals surface area contributed by atoms with Crippen LogP contribution in [0.15, 0.2) is 21.3 Å². The van der Waals surface area contributed by atoms with Crippen molar-refractivity contribution in [3.05, 3.63) is 34.1 Å². The maximum atomic E-state index is 13.7. The fourth-order valence-electron chi connectivity index (χ4n) is 4.12. The van der Waals surface area contributed by atoms with Gasteiger partial charge in [-0.05, 0) is 31.4 Å². The van der Waals surface area contributed by atoms with Crippen LogP contribution >= 0.6 is 0 Å². The van der Waals surface area contributed by atoms with Crippen LogP contribution in [0.3, 0.4) is 0 Å². The van der Waals surface area contributed by atoms with E-state index in [1.54, 1.807) is 17.6 Å². The van der Waals surface area contributed by atoms with Gasteiger partial charge in [0.1, 0.15) is 5.82 Å². The molecule has 2 aliphatic heterocycles. The highest BCUT2D eigenvalue weighted by Crippen LogP contribution is 2.31. The van der Waals surface area contributed by atoms with E-state index in [1.165, 1.54) is 6.07 Å². The Kier molecular flexibility index (Phi) is 4.17. The van der Waals surface area contributed by atoms with E-state index in [9.17, 15) is 9.18 Å². The zero-order valence-corrected chi connectivity index (χ0v) is 14.5. The highest BCUT2D eigenvalue weighted by Gasteiger charge is 2.37. The summed E-state index contributed by atoms with van der Waals surface area (Å²) in [5, 5.41) is 0. The maximum absolute atomic E-state index is 13.7. The molecule has 4 rings (SSSR count). The molecule has 3 heterocycles. The van der Waals surface area contributed by atoms with Crippen LogP contribution < -0.4 is 11.5 Å². The van der Waals surface area contributed by atoms with E-state index in [4.69, 9.17) is 14.9 Å². The second-order valence-corrected chi connectivity index (χ2v) is 7.24. The minimum absolute atomic E-state index is 0.0540. The normalized spacial score (nSPS) is 22.5. The number of hydrogen-bond donors (Lipinski definition) is 1. The van der Waals surface area contributed by atoms with Crippen molar-refractivity contribution in [1.82, 2.24) is 9.47 Å². The number of aromatic nitrogens is 1. The number of hydrogen-bond acceptors (Lipinski definition) is 5. The van der Waals surface area contributed by atoms with Crippen LogP contribution in [-0.4, -0.2) is 41.4 Å². The summed E-state index contributed by atoms with van der Waals surface area (Å²) in [6.07, 6.45) is 3.32. The van der Waals surface area contributed by atoms with Gasteiger partial charge in [-0.15, -0.1) is 0 Å². The number of halogens is 1. The lowest BCUT2D eigenvalue weighted by Gasteiger charge is -2.46. The van der Waals surface area contributed by atoms with Crippen LogP contribution in [0.1, 0.15) is 37.3 Å². The molecule has 2 fully saturated rings. The molecule has 2 saturated heterocycles. The van der Waals surface area contributed by atoms with Gasteiger partial charge in [0.15, 0.2) is 5.58 Å². The Labute approximate surface area is 145 Å². The molecule has 136 valence electrons. The second kappa shape index (κ2) is 6.23. The van der Waals surface area contributed by atoms with Crippen molar-refractivity contribution in [2.24, 2.45) is 5.73 Å². The molecule has 0 amide bonds. The zero-order valence-electron chi connectivity index (χ0n) is 14.5. The van der Waals surface area contributed by atoms with Crippen molar-refractivity contribution in [1.29, 1.82) is 0 Å². The molecule has 25 heavy (non-hydrogen) atoms. The summed E-state index contributed by atoms with van der Waals surface area (Å²) in [5.41, 5.74) is 7.78. The number of fused-ring (bicyclic) bond motifs is 1. The first-order chi connectivity index (χ1) is 12.0. The van der Waals surface area contributed by atoms with Crippen LogP contribution in [0.4, 0.5) is 4.39 Å². The smallest absolute Gasteiger partial charge is 0.408 e. The molecule has 0 spiro atoms. The highest BCUT2D eigenvalue weighted by molar-refractivity contribution is 5.74. The third-order valence-corrected chi connectivity index (χ3v) is 5.71. The molecule has 2 aromatic rings. The molecule has 1 aromatic heterocycles. The first-order valence-corrected chi connectivity index (χ1v) is 8.91. The number of oxazole rings is 1. The molecule has 2 aliphatic rings. The van der Waals surface area contributed by atoms with Gasteiger partial charge in [0, 0.05) is 51.3 Å². The van der Waals surface area contributed by atoms with E-state index < -0.39 is 5.76 Å². The Morgan fingerprint density at radius 1 is 1.24 bits per heavy atom. The quantitative estimate of drug-likeness (QED) is 0.899. The van der Waals surface area contributed by atoms with Crippen LogP contribution in [0.2, 0.25) is 0 Å². The third kappa shape index (κ3) is 2.90. The molecule has 0 radical (unpaired) electrons. The fraction of sp³-hybridized carbons (Fsp3) is 0.611. The van der Waals surface area contributed by atoms with E-state index in [0.29, 0.717) is 29.9 Å². The molecule has 7 heteroatoms. The number of piperidine rings is 1. The van der Waals surface area contributed by atoms with Crippen LogP contribution in [0.5, 0.6) is 0 Å². The number of benzene rings is 1. The van der Waals surface area contributed by atoms with Crippen LogP contribution in [0.25, 0.3) is 11.1 Å².